The zero-order valence-electron chi connectivity index (χ0n) is 17.2. The Hall–Kier alpha value is -3.85. The monoisotopic (exact) mass is 455 g/mol. The molecule has 0 aliphatic carbocycles. The van der Waals surface area contributed by atoms with Crippen LogP contribution in [0, 0.1) is 5.82 Å². The third-order valence-electron chi connectivity index (χ3n) is 5.75. The molecule has 3 aromatic carbocycles. The van der Waals surface area contributed by atoms with Gasteiger partial charge in [0.1, 0.15) is 11.6 Å². The predicted molar refractivity (Wildman–Crippen MR) is 115 cm³/mol. The molecule has 1 atom stereocenters. The van der Waals surface area contributed by atoms with Crippen molar-refractivity contribution in [3.05, 3.63) is 90.0 Å². The fourth-order valence-corrected chi connectivity index (χ4v) is 4.05. The van der Waals surface area contributed by atoms with E-state index >= 15 is 0 Å². The highest BCUT2D eigenvalue weighted by Crippen LogP contribution is 2.47. The number of aliphatic hydroxyl groups is 1. The molecule has 5 nitrogen and oxygen atoms in total. The summed E-state index contributed by atoms with van der Waals surface area (Å²) in [5, 5.41) is 16.0. The number of aromatic nitrogens is 3. The van der Waals surface area contributed by atoms with Crippen LogP contribution in [0.15, 0.2) is 73.1 Å². The quantitative estimate of drug-likeness (QED) is 0.354. The van der Waals surface area contributed by atoms with Gasteiger partial charge in [0.15, 0.2) is 0 Å². The first-order valence-electron chi connectivity index (χ1n) is 9.91. The number of hydrogen-bond donors (Lipinski definition) is 2. The van der Waals surface area contributed by atoms with Crippen molar-refractivity contribution >= 4 is 21.8 Å². The van der Waals surface area contributed by atoms with Gasteiger partial charge in [0.2, 0.25) is 5.60 Å². The van der Waals surface area contributed by atoms with Crippen molar-refractivity contribution in [1.29, 1.82) is 0 Å². The molecule has 0 saturated carbocycles. The average molecular weight is 455 g/mol. The van der Waals surface area contributed by atoms with E-state index in [1.54, 1.807) is 6.07 Å². The second kappa shape index (κ2) is 7.35. The Balaban J connectivity index is 1.67. The number of benzene rings is 3. The Morgan fingerprint density at radius 1 is 1.00 bits per heavy atom. The van der Waals surface area contributed by atoms with E-state index in [0.717, 1.165) is 6.20 Å². The molecule has 0 spiro atoms. The standard InChI is InChI=1S/C24H17F4N3O2/c1-33-18-7-8-19-20(13-29-21(19)11-18)23(32,24(26,27)28)15-2-9-22-14(10-15)12-30-31(22)17-5-3-16(25)4-6-17/h2-13,29,32H,1H3/t23-/m1/s1. The van der Waals surface area contributed by atoms with Crippen LogP contribution in [0.2, 0.25) is 0 Å². The molecule has 0 aliphatic rings. The van der Waals surface area contributed by atoms with Gasteiger partial charge in [0, 0.05) is 34.1 Å². The van der Waals surface area contributed by atoms with Crippen molar-refractivity contribution in [2.75, 3.05) is 7.11 Å². The summed E-state index contributed by atoms with van der Waals surface area (Å²) in [6.45, 7) is 0. The van der Waals surface area contributed by atoms with Crippen LogP contribution in [0.3, 0.4) is 0 Å². The molecule has 9 heteroatoms. The predicted octanol–water partition coefficient (Wildman–Crippen LogP) is 5.45. The number of methoxy groups -OCH3 is 1. The summed E-state index contributed by atoms with van der Waals surface area (Å²) in [6, 6.07) is 14.1. The van der Waals surface area contributed by atoms with Crippen LogP contribution in [0.5, 0.6) is 5.75 Å². The molecule has 0 radical (unpaired) electrons. The minimum absolute atomic E-state index is 0.220. The summed E-state index contributed by atoms with van der Waals surface area (Å²) in [6.07, 6.45) is -2.45. The molecule has 0 fully saturated rings. The summed E-state index contributed by atoms with van der Waals surface area (Å²) < 4.78 is 63.0. The smallest absolute Gasteiger partial charge is 0.425 e. The number of ether oxygens (including phenoxy) is 1. The van der Waals surface area contributed by atoms with E-state index < -0.39 is 17.6 Å². The molecule has 0 amide bonds. The molecule has 2 aromatic heterocycles. The van der Waals surface area contributed by atoms with Crippen molar-refractivity contribution in [2.45, 2.75) is 11.8 Å². The molecule has 2 heterocycles. The second-order valence-electron chi connectivity index (χ2n) is 7.63. The van der Waals surface area contributed by atoms with Gasteiger partial charge in [-0.15, -0.1) is 0 Å². The molecule has 168 valence electrons. The van der Waals surface area contributed by atoms with Gasteiger partial charge in [0.25, 0.3) is 0 Å². The van der Waals surface area contributed by atoms with Gasteiger partial charge in [-0.25, -0.2) is 9.07 Å². The average Bonchev–Trinajstić information content (AvgIpc) is 3.42. The Morgan fingerprint density at radius 2 is 1.76 bits per heavy atom. The van der Waals surface area contributed by atoms with Gasteiger partial charge in [-0.1, -0.05) is 6.07 Å². The number of H-pyrrole nitrogens is 1. The molecular formula is C24H17F4N3O2. The first kappa shape index (κ1) is 21.0. The van der Waals surface area contributed by atoms with Crippen molar-refractivity contribution in [3.63, 3.8) is 0 Å². The SMILES string of the molecule is COc1ccc2c([C@](O)(c3ccc4c(cnn4-c4ccc(F)cc4)c3)C(F)(F)F)c[nH]c2c1. The maximum Gasteiger partial charge on any atom is 0.425 e. The highest BCUT2D eigenvalue weighted by atomic mass is 19.4. The number of aromatic amines is 1. The molecule has 0 saturated heterocycles. The highest BCUT2D eigenvalue weighted by molar-refractivity contribution is 5.87. The Bertz CT molecular complexity index is 1470. The van der Waals surface area contributed by atoms with E-state index in [4.69, 9.17) is 4.74 Å². The van der Waals surface area contributed by atoms with Crippen LogP contribution in [0.4, 0.5) is 17.6 Å². The zero-order valence-corrected chi connectivity index (χ0v) is 17.2. The lowest BCUT2D eigenvalue weighted by Gasteiger charge is -2.31. The maximum absolute atomic E-state index is 14.4. The Labute approximate surface area is 184 Å². The number of hydrogen-bond acceptors (Lipinski definition) is 3. The number of nitrogens with one attached hydrogen (secondary N) is 1. The number of nitrogens with zero attached hydrogens (tertiary/aromatic N) is 2. The van der Waals surface area contributed by atoms with Gasteiger partial charge < -0.3 is 14.8 Å². The second-order valence-corrected chi connectivity index (χ2v) is 7.63. The fraction of sp³-hybridized carbons (Fsp3) is 0.125. The van der Waals surface area contributed by atoms with Crippen molar-refractivity contribution in [1.82, 2.24) is 14.8 Å². The van der Waals surface area contributed by atoms with E-state index in [1.807, 2.05) is 0 Å². The lowest BCUT2D eigenvalue weighted by atomic mass is 9.85. The first-order valence-corrected chi connectivity index (χ1v) is 9.91. The van der Waals surface area contributed by atoms with Crippen LogP contribution in [-0.2, 0) is 5.60 Å². The van der Waals surface area contributed by atoms with Crippen LogP contribution < -0.4 is 4.74 Å². The minimum atomic E-state index is -5.01. The number of fused-ring (bicyclic) bond motifs is 2. The molecule has 5 aromatic rings. The topological polar surface area (TPSA) is 63.1 Å². The van der Waals surface area contributed by atoms with E-state index in [-0.39, 0.29) is 16.5 Å². The zero-order chi connectivity index (χ0) is 23.4. The summed E-state index contributed by atoms with van der Waals surface area (Å²) in [4.78, 5) is 2.79. The highest BCUT2D eigenvalue weighted by Gasteiger charge is 2.57. The molecule has 0 bridgehead atoms. The van der Waals surface area contributed by atoms with Gasteiger partial charge in [-0.3, -0.25) is 0 Å². The molecule has 2 N–H and O–H groups in total. The van der Waals surface area contributed by atoms with E-state index in [1.165, 1.54) is 72.6 Å². The first-order chi connectivity index (χ1) is 15.7. The van der Waals surface area contributed by atoms with Crippen LogP contribution in [0.1, 0.15) is 11.1 Å². The normalized spacial score (nSPS) is 14.0. The summed E-state index contributed by atoms with van der Waals surface area (Å²) in [7, 11) is 1.46. The summed E-state index contributed by atoms with van der Waals surface area (Å²) >= 11 is 0. The lowest BCUT2D eigenvalue weighted by molar-refractivity contribution is -0.247. The van der Waals surface area contributed by atoms with E-state index in [0.29, 0.717) is 27.9 Å². The maximum atomic E-state index is 14.4. The van der Waals surface area contributed by atoms with Gasteiger partial charge in [-0.05, 0) is 54.1 Å². The van der Waals surface area contributed by atoms with Crippen molar-refractivity contribution in [3.8, 4) is 11.4 Å². The number of halogens is 4. The van der Waals surface area contributed by atoms with E-state index in [9.17, 15) is 22.7 Å². The van der Waals surface area contributed by atoms with Crippen molar-refractivity contribution < 1.29 is 27.4 Å². The summed E-state index contributed by atoms with van der Waals surface area (Å²) in [5.41, 5.74) is -2.48. The molecular weight excluding hydrogens is 438 g/mol. The molecule has 0 aliphatic heterocycles. The molecule has 33 heavy (non-hydrogen) atoms. The van der Waals surface area contributed by atoms with Gasteiger partial charge in [0.05, 0.1) is 24.5 Å². The summed E-state index contributed by atoms with van der Waals surface area (Å²) in [5.74, 6) is 0.0603. The van der Waals surface area contributed by atoms with Crippen LogP contribution in [0.25, 0.3) is 27.5 Å². The van der Waals surface area contributed by atoms with Crippen LogP contribution in [-0.4, -0.2) is 33.2 Å². The third-order valence-corrected chi connectivity index (χ3v) is 5.75. The largest absolute Gasteiger partial charge is 0.497 e. The van der Waals surface area contributed by atoms with Gasteiger partial charge >= 0.3 is 6.18 Å². The van der Waals surface area contributed by atoms with Gasteiger partial charge in [-0.2, -0.15) is 18.3 Å². The molecule has 0 unspecified atom stereocenters. The third kappa shape index (κ3) is 3.23. The molecule has 5 rings (SSSR count). The fourth-order valence-electron chi connectivity index (χ4n) is 4.05. The van der Waals surface area contributed by atoms with Crippen molar-refractivity contribution in [2.24, 2.45) is 0 Å². The number of rotatable bonds is 4. The minimum Gasteiger partial charge on any atom is -0.497 e. The number of alkyl halides is 3. The van der Waals surface area contributed by atoms with E-state index in [2.05, 4.69) is 10.1 Å². The Kier molecular flexibility index (Phi) is 4.68. The van der Waals surface area contributed by atoms with Crippen LogP contribution >= 0.6 is 0 Å². The lowest BCUT2D eigenvalue weighted by Crippen LogP contribution is -2.43. The Morgan fingerprint density at radius 3 is 2.45 bits per heavy atom.